The Hall–Kier alpha value is -0.0800. The van der Waals surface area contributed by atoms with Gasteiger partial charge < -0.3 is 10.2 Å². The van der Waals surface area contributed by atoms with E-state index >= 15 is 0 Å². The van der Waals surface area contributed by atoms with Gasteiger partial charge in [-0.15, -0.1) is 0 Å². The molecule has 0 aromatic carbocycles. The third kappa shape index (κ3) is 3.82. The molecule has 2 nitrogen and oxygen atoms in total. The largest absolute Gasteiger partial charge is 0.313 e. The fraction of sp³-hybridized carbons (Fsp3) is 1.00. The van der Waals surface area contributed by atoms with Crippen LogP contribution in [0.3, 0.4) is 0 Å². The van der Waals surface area contributed by atoms with Gasteiger partial charge in [0.15, 0.2) is 0 Å². The van der Waals surface area contributed by atoms with Crippen molar-refractivity contribution in [3.63, 3.8) is 0 Å². The van der Waals surface area contributed by atoms with Crippen LogP contribution in [0, 0.1) is 10.8 Å². The Morgan fingerprint density at radius 1 is 1.00 bits per heavy atom. The molecule has 0 atom stereocenters. The van der Waals surface area contributed by atoms with E-state index in [0.717, 1.165) is 11.5 Å². The maximum Gasteiger partial charge on any atom is 0.00684 e. The Balaban J connectivity index is 1.50. The first-order valence-corrected chi connectivity index (χ1v) is 9.65. The minimum atomic E-state index is 0.517. The summed E-state index contributed by atoms with van der Waals surface area (Å²) >= 11 is 0. The highest BCUT2D eigenvalue weighted by atomic mass is 15.1. The maximum atomic E-state index is 3.81. The van der Waals surface area contributed by atoms with Crippen LogP contribution in [-0.2, 0) is 0 Å². The van der Waals surface area contributed by atoms with Gasteiger partial charge in [-0.25, -0.2) is 0 Å². The molecule has 1 spiro atoms. The highest BCUT2D eigenvalue weighted by Gasteiger charge is 2.39. The van der Waals surface area contributed by atoms with Crippen molar-refractivity contribution in [3.05, 3.63) is 0 Å². The summed E-state index contributed by atoms with van der Waals surface area (Å²) in [5, 5.41) is 3.81. The van der Waals surface area contributed by atoms with Crippen molar-refractivity contribution in [2.75, 3.05) is 26.2 Å². The summed E-state index contributed by atoms with van der Waals surface area (Å²) in [6.45, 7) is 10.1. The zero-order chi connectivity index (χ0) is 14.8. The molecule has 2 saturated carbocycles. The van der Waals surface area contributed by atoms with E-state index in [1.807, 2.05) is 0 Å². The first-order valence-electron chi connectivity index (χ1n) is 9.65. The van der Waals surface area contributed by atoms with Crippen LogP contribution in [0.5, 0.6) is 0 Å². The van der Waals surface area contributed by atoms with Crippen LogP contribution in [0.1, 0.15) is 78.1 Å². The molecular formula is C19H36N2. The first kappa shape index (κ1) is 15.8. The second-order valence-electron chi connectivity index (χ2n) is 8.35. The predicted octanol–water partition coefficient (Wildman–Crippen LogP) is 4.20. The molecule has 0 unspecified atom stereocenters. The molecule has 0 aromatic heterocycles. The fourth-order valence-corrected chi connectivity index (χ4v) is 4.71. The Kier molecular flexibility index (Phi) is 4.95. The van der Waals surface area contributed by atoms with Crippen LogP contribution in [0.2, 0.25) is 0 Å². The van der Waals surface area contributed by atoms with E-state index in [9.17, 15) is 0 Å². The summed E-state index contributed by atoms with van der Waals surface area (Å²) in [6.07, 6.45) is 14.5. The minimum absolute atomic E-state index is 0.517. The van der Waals surface area contributed by atoms with E-state index in [1.54, 1.807) is 0 Å². The highest BCUT2D eigenvalue weighted by molar-refractivity contribution is 4.93. The van der Waals surface area contributed by atoms with Gasteiger partial charge in [0.25, 0.3) is 0 Å². The third-order valence-corrected chi connectivity index (χ3v) is 6.98. The number of nitrogens with one attached hydrogen (secondary N) is 1. The third-order valence-electron chi connectivity index (χ3n) is 6.98. The van der Waals surface area contributed by atoms with Gasteiger partial charge in [0.2, 0.25) is 0 Å². The normalized spacial score (nSPS) is 26.6. The van der Waals surface area contributed by atoms with Gasteiger partial charge in [-0.2, -0.15) is 0 Å². The summed E-state index contributed by atoms with van der Waals surface area (Å²) in [5.41, 5.74) is 1.28. The van der Waals surface area contributed by atoms with E-state index in [4.69, 9.17) is 0 Å². The van der Waals surface area contributed by atoms with Gasteiger partial charge in [0.05, 0.1) is 0 Å². The molecule has 1 aliphatic heterocycles. The molecule has 2 aliphatic carbocycles. The number of hydrogen-bond donors (Lipinski definition) is 1. The van der Waals surface area contributed by atoms with Crippen molar-refractivity contribution in [1.82, 2.24) is 10.2 Å². The SMILES string of the molecule is CCC(CC)(CNC1CC1)CN1CCC2(CCCC2)CC1. The Morgan fingerprint density at radius 3 is 2.14 bits per heavy atom. The summed E-state index contributed by atoms with van der Waals surface area (Å²) in [4.78, 5) is 2.80. The van der Waals surface area contributed by atoms with Gasteiger partial charge in [-0.05, 0) is 75.3 Å². The van der Waals surface area contributed by atoms with Crippen LogP contribution in [0.15, 0.2) is 0 Å². The quantitative estimate of drug-likeness (QED) is 0.756. The predicted molar refractivity (Wildman–Crippen MR) is 90.6 cm³/mol. The smallest absolute Gasteiger partial charge is 0.00684 e. The monoisotopic (exact) mass is 292 g/mol. The van der Waals surface area contributed by atoms with E-state index < -0.39 is 0 Å². The number of hydrogen-bond acceptors (Lipinski definition) is 2. The van der Waals surface area contributed by atoms with Crippen LogP contribution in [-0.4, -0.2) is 37.1 Å². The number of piperidine rings is 1. The van der Waals surface area contributed by atoms with Crippen LogP contribution < -0.4 is 5.32 Å². The van der Waals surface area contributed by atoms with Crippen LogP contribution in [0.25, 0.3) is 0 Å². The van der Waals surface area contributed by atoms with E-state index in [0.29, 0.717) is 5.41 Å². The van der Waals surface area contributed by atoms with Crippen molar-refractivity contribution >= 4 is 0 Å². The number of nitrogens with zero attached hydrogens (tertiary/aromatic N) is 1. The van der Waals surface area contributed by atoms with Crippen molar-refractivity contribution in [2.45, 2.75) is 84.1 Å². The molecule has 122 valence electrons. The zero-order valence-electron chi connectivity index (χ0n) is 14.4. The topological polar surface area (TPSA) is 15.3 Å². The maximum absolute atomic E-state index is 3.81. The summed E-state index contributed by atoms with van der Waals surface area (Å²) in [5.74, 6) is 0. The van der Waals surface area contributed by atoms with Gasteiger partial charge in [-0.3, -0.25) is 0 Å². The molecule has 3 fully saturated rings. The Bertz CT molecular complexity index is 314. The van der Waals surface area contributed by atoms with Gasteiger partial charge in [-0.1, -0.05) is 26.7 Å². The molecule has 1 saturated heterocycles. The molecule has 0 radical (unpaired) electrons. The Morgan fingerprint density at radius 2 is 1.62 bits per heavy atom. The van der Waals surface area contributed by atoms with Gasteiger partial charge in [0, 0.05) is 19.1 Å². The van der Waals surface area contributed by atoms with Gasteiger partial charge >= 0.3 is 0 Å². The zero-order valence-corrected chi connectivity index (χ0v) is 14.4. The molecular weight excluding hydrogens is 256 g/mol. The van der Waals surface area contributed by atoms with Gasteiger partial charge in [0.1, 0.15) is 0 Å². The second-order valence-corrected chi connectivity index (χ2v) is 8.35. The Labute approximate surface area is 132 Å². The summed E-state index contributed by atoms with van der Waals surface area (Å²) < 4.78 is 0. The standard InChI is InChI=1S/C19H36N2/c1-3-18(4-2,15-20-17-7-8-17)16-21-13-11-19(12-14-21)9-5-6-10-19/h17,20H,3-16H2,1-2H3. The second kappa shape index (κ2) is 6.58. The molecule has 0 amide bonds. The van der Waals surface area contributed by atoms with Crippen LogP contribution >= 0.6 is 0 Å². The van der Waals surface area contributed by atoms with E-state index in [1.165, 1.54) is 90.4 Å². The molecule has 0 aromatic rings. The van der Waals surface area contributed by atoms with E-state index in [2.05, 4.69) is 24.1 Å². The lowest BCUT2D eigenvalue weighted by atomic mass is 9.75. The first-order chi connectivity index (χ1) is 10.2. The summed E-state index contributed by atoms with van der Waals surface area (Å²) in [7, 11) is 0. The molecule has 3 aliphatic rings. The van der Waals surface area contributed by atoms with E-state index in [-0.39, 0.29) is 0 Å². The fourth-order valence-electron chi connectivity index (χ4n) is 4.71. The molecule has 1 N–H and O–H groups in total. The number of rotatable bonds is 7. The summed E-state index contributed by atoms with van der Waals surface area (Å²) in [6, 6.07) is 0.852. The van der Waals surface area contributed by atoms with Crippen molar-refractivity contribution in [1.29, 1.82) is 0 Å². The minimum Gasteiger partial charge on any atom is -0.313 e. The number of likely N-dealkylation sites (tertiary alicyclic amines) is 1. The van der Waals surface area contributed by atoms with Crippen molar-refractivity contribution in [2.24, 2.45) is 10.8 Å². The molecule has 21 heavy (non-hydrogen) atoms. The average molecular weight is 293 g/mol. The molecule has 0 bridgehead atoms. The van der Waals surface area contributed by atoms with Crippen molar-refractivity contribution in [3.8, 4) is 0 Å². The molecule has 3 rings (SSSR count). The molecule has 2 heteroatoms. The molecule has 1 heterocycles. The van der Waals surface area contributed by atoms with Crippen molar-refractivity contribution < 1.29 is 0 Å². The lowest BCUT2D eigenvalue weighted by Gasteiger charge is -2.44. The highest BCUT2D eigenvalue weighted by Crippen LogP contribution is 2.46. The lowest BCUT2D eigenvalue weighted by molar-refractivity contribution is 0.0629. The lowest BCUT2D eigenvalue weighted by Crippen LogP contribution is -2.48. The average Bonchev–Trinajstić information content (AvgIpc) is 3.25. The van der Waals surface area contributed by atoms with Crippen LogP contribution in [0.4, 0.5) is 0 Å².